The molecule has 1 aliphatic heterocycles. The molecule has 0 amide bonds. The van der Waals surface area contributed by atoms with Crippen molar-refractivity contribution in [3.8, 4) is 11.8 Å². The minimum absolute atomic E-state index is 0.313. The van der Waals surface area contributed by atoms with Crippen LogP contribution in [0.25, 0.3) is 0 Å². The van der Waals surface area contributed by atoms with Gasteiger partial charge in [-0.05, 0) is 31.9 Å². The predicted molar refractivity (Wildman–Crippen MR) is 82.3 cm³/mol. The standard InChI is InChI=1S/C17H24N2O2/c1-3-16-13-21-14(2)12-19(16)9-6-10-20-17-8-5-4-7-15(17)11-18/h4-5,7-8,14,16H,3,6,9-10,12-13H2,1-2H3. The highest BCUT2D eigenvalue weighted by Gasteiger charge is 2.24. The summed E-state index contributed by atoms with van der Waals surface area (Å²) in [5.41, 5.74) is 0.601. The van der Waals surface area contributed by atoms with Crippen LogP contribution in [-0.4, -0.2) is 43.3 Å². The molecule has 114 valence electrons. The summed E-state index contributed by atoms with van der Waals surface area (Å²) in [6.07, 6.45) is 2.39. The van der Waals surface area contributed by atoms with Crippen LogP contribution in [0.4, 0.5) is 0 Å². The molecule has 1 aromatic rings. The lowest BCUT2D eigenvalue weighted by Gasteiger charge is -2.38. The molecule has 0 N–H and O–H groups in total. The highest BCUT2D eigenvalue weighted by Crippen LogP contribution is 2.18. The van der Waals surface area contributed by atoms with Crippen molar-refractivity contribution in [2.24, 2.45) is 0 Å². The molecule has 0 spiro atoms. The van der Waals surface area contributed by atoms with Crippen molar-refractivity contribution in [1.82, 2.24) is 4.90 Å². The van der Waals surface area contributed by atoms with Crippen LogP contribution in [0.3, 0.4) is 0 Å². The van der Waals surface area contributed by atoms with Crippen molar-refractivity contribution in [1.29, 1.82) is 5.26 Å². The van der Waals surface area contributed by atoms with E-state index in [1.807, 2.05) is 18.2 Å². The summed E-state index contributed by atoms with van der Waals surface area (Å²) in [5, 5.41) is 9.02. The van der Waals surface area contributed by atoms with Crippen LogP contribution in [0, 0.1) is 11.3 Å². The number of ether oxygens (including phenoxy) is 2. The molecule has 4 heteroatoms. The Morgan fingerprint density at radius 3 is 3.00 bits per heavy atom. The van der Waals surface area contributed by atoms with Crippen LogP contribution in [0.5, 0.6) is 5.75 Å². The van der Waals surface area contributed by atoms with Crippen molar-refractivity contribution < 1.29 is 9.47 Å². The molecule has 0 saturated carbocycles. The number of rotatable bonds is 6. The topological polar surface area (TPSA) is 45.5 Å². The van der Waals surface area contributed by atoms with Gasteiger partial charge in [0, 0.05) is 19.1 Å². The van der Waals surface area contributed by atoms with Gasteiger partial charge in [-0.3, -0.25) is 4.90 Å². The molecule has 21 heavy (non-hydrogen) atoms. The molecule has 1 heterocycles. The first kappa shape index (κ1) is 15.8. The second-order valence-electron chi connectivity index (χ2n) is 5.51. The second kappa shape index (κ2) is 8.02. The molecule has 0 bridgehead atoms. The van der Waals surface area contributed by atoms with E-state index in [9.17, 15) is 0 Å². The van der Waals surface area contributed by atoms with E-state index < -0.39 is 0 Å². The summed E-state index contributed by atoms with van der Waals surface area (Å²) in [4.78, 5) is 2.49. The molecule has 4 nitrogen and oxygen atoms in total. The van der Waals surface area contributed by atoms with E-state index >= 15 is 0 Å². The van der Waals surface area contributed by atoms with E-state index in [0.29, 0.717) is 30.1 Å². The molecular formula is C17H24N2O2. The zero-order chi connectivity index (χ0) is 15.1. The van der Waals surface area contributed by atoms with Gasteiger partial charge in [0.25, 0.3) is 0 Å². The third-order valence-electron chi connectivity index (χ3n) is 3.91. The molecule has 1 saturated heterocycles. The van der Waals surface area contributed by atoms with Crippen molar-refractivity contribution in [2.75, 3.05) is 26.3 Å². The molecule has 0 aromatic heterocycles. The second-order valence-corrected chi connectivity index (χ2v) is 5.51. The van der Waals surface area contributed by atoms with Gasteiger partial charge in [0.2, 0.25) is 0 Å². The Labute approximate surface area is 127 Å². The number of hydrogen-bond acceptors (Lipinski definition) is 4. The quantitative estimate of drug-likeness (QED) is 0.755. The van der Waals surface area contributed by atoms with Crippen LogP contribution < -0.4 is 4.74 Å². The number of benzene rings is 1. The number of morpholine rings is 1. The van der Waals surface area contributed by atoms with Crippen LogP contribution in [0.2, 0.25) is 0 Å². The number of nitrogens with zero attached hydrogens (tertiary/aromatic N) is 2. The maximum Gasteiger partial charge on any atom is 0.137 e. The van der Waals surface area contributed by atoms with Gasteiger partial charge in [-0.1, -0.05) is 19.1 Å². The van der Waals surface area contributed by atoms with Crippen molar-refractivity contribution in [3.05, 3.63) is 29.8 Å². The molecular weight excluding hydrogens is 264 g/mol. The van der Waals surface area contributed by atoms with Crippen molar-refractivity contribution >= 4 is 0 Å². The molecule has 1 aromatic carbocycles. The smallest absolute Gasteiger partial charge is 0.137 e. The molecule has 1 fully saturated rings. The Morgan fingerprint density at radius 2 is 2.24 bits per heavy atom. The van der Waals surface area contributed by atoms with E-state index in [-0.39, 0.29) is 0 Å². The predicted octanol–water partition coefficient (Wildman–Crippen LogP) is 2.83. The van der Waals surface area contributed by atoms with Gasteiger partial charge in [-0.15, -0.1) is 0 Å². The molecule has 0 aliphatic carbocycles. The lowest BCUT2D eigenvalue weighted by molar-refractivity contribution is -0.0567. The Kier molecular flexibility index (Phi) is 6.04. The fourth-order valence-corrected chi connectivity index (χ4v) is 2.70. The van der Waals surface area contributed by atoms with Gasteiger partial charge in [-0.25, -0.2) is 0 Å². The van der Waals surface area contributed by atoms with Crippen LogP contribution >= 0.6 is 0 Å². The van der Waals surface area contributed by atoms with E-state index in [1.165, 1.54) is 0 Å². The Balaban J connectivity index is 1.77. The highest BCUT2D eigenvalue weighted by molar-refractivity contribution is 5.42. The molecule has 2 atom stereocenters. The van der Waals surface area contributed by atoms with E-state index in [4.69, 9.17) is 14.7 Å². The summed E-state index contributed by atoms with van der Waals surface area (Å²) < 4.78 is 11.4. The van der Waals surface area contributed by atoms with Gasteiger partial charge >= 0.3 is 0 Å². The number of para-hydroxylation sites is 1. The monoisotopic (exact) mass is 288 g/mol. The highest BCUT2D eigenvalue weighted by atomic mass is 16.5. The third kappa shape index (κ3) is 4.45. The average Bonchev–Trinajstić information content (AvgIpc) is 2.52. The van der Waals surface area contributed by atoms with Gasteiger partial charge in [0.15, 0.2) is 0 Å². The molecule has 1 aliphatic rings. The first-order valence-electron chi connectivity index (χ1n) is 7.72. The largest absolute Gasteiger partial charge is 0.492 e. The summed E-state index contributed by atoms with van der Waals surface area (Å²) in [7, 11) is 0. The van der Waals surface area contributed by atoms with E-state index in [1.54, 1.807) is 6.07 Å². The minimum atomic E-state index is 0.313. The lowest BCUT2D eigenvalue weighted by Crippen LogP contribution is -2.48. The minimum Gasteiger partial charge on any atom is -0.492 e. The normalized spacial score (nSPS) is 22.7. The van der Waals surface area contributed by atoms with E-state index in [2.05, 4.69) is 24.8 Å². The fraction of sp³-hybridized carbons (Fsp3) is 0.588. The zero-order valence-electron chi connectivity index (χ0n) is 12.9. The summed E-state index contributed by atoms with van der Waals surface area (Å²) >= 11 is 0. The summed E-state index contributed by atoms with van der Waals surface area (Å²) in [6, 6.07) is 10.1. The van der Waals surface area contributed by atoms with Gasteiger partial charge < -0.3 is 9.47 Å². The Morgan fingerprint density at radius 1 is 1.43 bits per heavy atom. The maximum absolute atomic E-state index is 9.02. The van der Waals surface area contributed by atoms with E-state index in [0.717, 1.165) is 32.5 Å². The zero-order valence-corrected chi connectivity index (χ0v) is 12.9. The van der Waals surface area contributed by atoms with Crippen LogP contribution in [0.15, 0.2) is 24.3 Å². The van der Waals surface area contributed by atoms with Gasteiger partial charge in [-0.2, -0.15) is 5.26 Å². The van der Waals surface area contributed by atoms with Crippen molar-refractivity contribution in [3.63, 3.8) is 0 Å². The maximum atomic E-state index is 9.02. The Bertz CT molecular complexity index is 484. The first-order valence-corrected chi connectivity index (χ1v) is 7.72. The molecule has 2 unspecified atom stereocenters. The average molecular weight is 288 g/mol. The fourth-order valence-electron chi connectivity index (χ4n) is 2.70. The third-order valence-corrected chi connectivity index (χ3v) is 3.91. The van der Waals surface area contributed by atoms with Crippen molar-refractivity contribution in [2.45, 2.75) is 38.8 Å². The summed E-state index contributed by atoms with van der Waals surface area (Å²) in [5.74, 6) is 0.683. The van der Waals surface area contributed by atoms with Crippen LogP contribution in [-0.2, 0) is 4.74 Å². The SMILES string of the molecule is CCC1COC(C)CN1CCCOc1ccccc1C#N. The molecule has 0 radical (unpaired) electrons. The van der Waals surface area contributed by atoms with Gasteiger partial charge in [0.05, 0.1) is 24.9 Å². The number of nitriles is 1. The van der Waals surface area contributed by atoms with Gasteiger partial charge in [0.1, 0.15) is 11.8 Å². The molecule has 2 rings (SSSR count). The van der Waals surface area contributed by atoms with Crippen LogP contribution in [0.1, 0.15) is 32.3 Å². The lowest BCUT2D eigenvalue weighted by atomic mass is 10.1. The summed E-state index contributed by atoms with van der Waals surface area (Å²) in [6.45, 7) is 7.81. The number of hydrogen-bond donors (Lipinski definition) is 0. The Hall–Kier alpha value is -1.57. The first-order chi connectivity index (χ1) is 10.2.